The second-order valence-corrected chi connectivity index (χ2v) is 14.7. The molecule has 4 aliphatic heterocycles. The van der Waals surface area contributed by atoms with Gasteiger partial charge in [-0.2, -0.15) is 26.7 Å². The molecule has 48 heavy (non-hydrogen) atoms. The summed E-state index contributed by atoms with van der Waals surface area (Å²) in [5.41, 5.74) is 5.69. The van der Waals surface area contributed by atoms with Crippen molar-refractivity contribution in [3.8, 4) is 22.9 Å². The van der Waals surface area contributed by atoms with Crippen molar-refractivity contribution in [1.82, 2.24) is 14.9 Å². The molecule has 2 unspecified atom stereocenters. The van der Waals surface area contributed by atoms with E-state index >= 15 is 4.39 Å². The first-order chi connectivity index (χ1) is 22.6. The zero-order valence-electron chi connectivity index (χ0n) is 25.5. The third-order valence-corrected chi connectivity index (χ3v) is 11.8. The van der Waals surface area contributed by atoms with Gasteiger partial charge in [0.1, 0.15) is 41.8 Å². The molecule has 2 aromatic heterocycles. The largest absolute Gasteiger partial charge is 0.486 e. The van der Waals surface area contributed by atoms with Gasteiger partial charge in [0.05, 0.1) is 39.5 Å². The van der Waals surface area contributed by atoms with Crippen LogP contribution in [0.5, 0.6) is 11.8 Å². The van der Waals surface area contributed by atoms with Crippen LogP contribution in [-0.4, -0.2) is 84.6 Å². The third kappa shape index (κ3) is 5.93. The van der Waals surface area contributed by atoms with Crippen LogP contribution in [-0.2, 0) is 4.74 Å². The molecule has 3 saturated heterocycles. The van der Waals surface area contributed by atoms with Crippen LogP contribution in [0.3, 0.4) is 0 Å². The molecule has 4 atom stereocenters. The number of halogens is 6. The Morgan fingerprint density at radius 1 is 1.21 bits per heavy atom. The van der Waals surface area contributed by atoms with E-state index in [4.69, 9.17) is 19.9 Å². The Balaban J connectivity index is 0.00000364. The molecule has 0 radical (unpaired) electrons. The summed E-state index contributed by atoms with van der Waals surface area (Å²) in [7, 11) is 0. The molecular weight excluding hydrogens is 896 g/mol. The zero-order valence-corrected chi connectivity index (χ0v) is 31.6. The maximum absolute atomic E-state index is 17.1. The van der Waals surface area contributed by atoms with Gasteiger partial charge in [-0.15, -0.1) is 17.7 Å². The molecule has 3 fully saturated rings. The second kappa shape index (κ2) is 13.6. The SMILES string of the molecule is Nc1[c-]c2c(-c3c(I)c4c5c(nc(OC[C@@]67CCCN6C[C@H](F)C7)nc5c3F)N(CC(F)F)C3CCOCCC3O4)ccc(F)c2s1.[Ce]. The van der Waals surface area contributed by atoms with Crippen LogP contribution in [0.1, 0.15) is 32.1 Å². The van der Waals surface area contributed by atoms with Crippen molar-refractivity contribution in [2.75, 3.05) is 50.1 Å². The van der Waals surface area contributed by atoms with E-state index in [9.17, 15) is 17.6 Å². The molecule has 0 amide bonds. The molecule has 0 saturated carbocycles. The van der Waals surface area contributed by atoms with Gasteiger partial charge in [0.2, 0.25) is 0 Å². The Labute approximate surface area is 324 Å². The number of rotatable bonds is 6. The topological polar surface area (TPSA) is 86.0 Å². The first-order valence-corrected chi connectivity index (χ1v) is 17.5. The summed E-state index contributed by atoms with van der Waals surface area (Å²) < 4.78 is 94.2. The maximum Gasteiger partial charge on any atom is 0.319 e. The molecule has 0 aliphatic carbocycles. The zero-order chi connectivity index (χ0) is 32.6. The number of anilines is 2. The number of nitrogen functional groups attached to an aromatic ring is 1. The fourth-order valence-electron chi connectivity index (χ4n) is 7.81. The predicted molar refractivity (Wildman–Crippen MR) is 176 cm³/mol. The molecule has 8 nitrogen and oxygen atoms in total. The smallest absolute Gasteiger partial charge is 0.319 e. The number of benzene rings is 2. The Kier molecular flexibility index (Phi) is 9.95. The first-order valence-electron chi connectivity index (χ1n) is 15.6. The average Bonchev–Trinajstić information content (AvgIpc) is 3.61. The van der Waals surface area contributed by atoms with Gasteiger partial charge in [0.25, 0.3) is 6.43 Å². The minimum Gasteiger partial charge on any atom is -0.486 e. The molecule has 254 valence electrons. The number of nitrogens with two attached hydrogens (primary N) is 1. The maximum atomic E-state index is 17.1. The molecule has 0 spiro atoms. The number of nitrogens with zero attached hydrogens (tertiary/aromatic N) is 4. The number of ether oxygens (including phenoxy) is 3. The van der Waals surface area contributed by atoms with Crippen molar-refractivity contribution in [3.05, 3.63) is 33.4 Å². The summed E-state index contributed by atoms with van der Waals surface area (Å²) in [6, 6.07) is 4.89. The molecule has 2 N–H and O–H groups in total. The Hall–Kier alpha value is -1.38. The number of alkyl halides is 3. The standard InChI is InChI=1S/C32H30F5IN5O3S.Ce/c33-15-11-32(6-1-7-42(32)12-15)14-45-31-40-27-24-28(46-20-5-9-44-8-4-19(20)43(13-21(35)36)30(24)41-31)26(38)23(25(27)37)16-2-3-18(34)29-17(16)10-22(39)47-29;/h2-3,15,19-21H,1,4-9,11-14,39H2;/q-1;/t15-,19?,20?,32+;/m1./s1. The quantitative estimate of drug-likeness (QED) is 0.129. The van der Waals surface area contributed by atoms with Gasteiger partial charge in [-0.05, 0) is 64.7 Å². The molecular formula is C32H30CeF5IN5O3S-. The minimum absolute atomic E-state index is 0. The minimum atomic E-state index is -2.74. The van der Waals surface area contributed by atoms with E-state index in [1.165, 1.54) is 17.0 Å². The molecule has 4 aliphatic rings. The van der Waals surface area contributed by atoms with Gasteiger partial charge in [-0.1, -0.05) is 0 Å². The molecule has 16 heteroatoms. The predicted octanol–water partition coefficient (Wildman–Crippen LogP) is 6.74. The Morgan fingerprint density at radius 3 is 2.83 bits per heavy atom. The van der Waals surface area contributed by atoms with Crippen LogP contribution in [0.4, 0.5) is 32.8 Å². The molecule has 0 bridgehead atoms. The van der Waals surface area contributed by atoms with E-state index in [2.05, 4.69) is 20.9 Å². The fourth-order valence-corrected chi connectivity index (χ4v) is 9.53. The van der Waals surface area contributed by atoms with E-state index in [0.29, 0.717) is 53.5 Å². The number of fused-ring (bicyclic) bond motifs is 3. The van der Waals surface area contributed by atoms with E-state index < -0.39 is 48.5 Å². The van der Waals surface area contributed by atoms with Crippen molar-refractivity contribution < 1.29 is 77.9 Å². The second-order valence-electron chi connectivity index (χ2n) is 12.6. The van der Waals surface area contributed by atoms with Crippen molar-refractivity contribution >= 4 is 65.7 Å². The fraction of sp³-hybridized carbons (Fsp3) is 0.500. The number of aromatic nitrogens is 2. The summed E-state index contributed by atoms with van der Waals surface area (Å²) >= 11 is 2.99. The Bertz CT molecular complexity index is 1890. The number of hydrogen-bond acceptors (Lipinski definition) is 9. The van der Waals surface area contributed by atoms with Crippen molar-refractivity contribution in [2.45, 2.75) is 62.4 Å². The van der Waals surface area contributed by atoms with E-state index in [1.807, 2.05) is 22.6 Å². The molecule has 2 aromatic carbocycles. The van der Waals surface area contributed by atoms with Crippen LogP contribution >= 0.6 is 33.9 Å². The summed E-state index contributed by atoms with van der Waals surface area (Å²) in [6.45, 7) is 1.11. The van der Waals surface area contributed by atoms with Crippen molar-refractivity contribution in [1.29, 1.82) is 0 Å². The van der Waals surface area contributed by atoms with Gasteiger partial charge in [-0.25, -0.2) is 22.0 Å². The number of hydrogen-bond donors (Lipinski definition) is 1. The van der Waals surface area contributed by atoms with Crippen molar-refractivity contribution in [2.24, 2.45) is 0 Å². The molecule has 6 heterocycles. The first kappa shape index (κ1) is 35.0. The van der Waals surface area contributed by atoms with Crippen LogP contribution in [0, 0.1) is 63.0 Å². The summed E-state index contributed by atoms with van der Waals surface area (Å²) in [4.78, 5) is 12.8. The summed E-state index contributed by atoms with van der Waals surface area (Å²) in [5, 5.41) is 0.692. The normalized spacial score (nSPS) is 25.5. The van der Waals surface area contributed by atoms with Crippen LogP contribution in [0.2, 0.25) is 0 Å². The van der Waals surface area contributed by atoms with Gasteiger partial charge >= 0.3 is 6.01 Å². The van der Waals surface area contributed by atoms with Gasteiger partial charge in [0, 0.05) is 72.7 Å². The van der Waals surface area contributed by atoms with Crippen molar-refractivity contribution in [3.63, 3.8) is 0 Å². The van der Waals surface area contributed by atoms with Gasteiger partial charge < -0.3 is 24.8 Å². The van der Waals surface area contributed by atoms with E-state index in [0.717, 1.165) is 30.7 Å². The van der Waals surface area contributed by atoms with Crippen LogP contribution in [0.25, 0.3) is 32.1 Å². The summed E-state index contributed by atoms with van der Waals surface area (Å²) in [5.74, 6) is -0.975. The average molecular weight is 927 g/mol. The Morgan fingerprint density at radius 2 is 2.02 bits per heavy atom. The van der Waals surface area contributed by atoms with Crippen LogP contribution in [0.15, 0.2) is 12.1 Å². The molecule has 4 aromatic rings. The van der Waals surface area contributed by atoms with E-state index in [-0.39, 0.29) is 92.1 Å². The monoisotopic (exact) mass is 926 g/mol. The third-order valence-electron chi connectivity index (χ3n) is 9.82. The van der Waals surface area contributed by atoms with Gasteiger partial charge in [0.15, 0.2) is 0 Å². The van der Waals surface area contributed by atoms with E-state index in [1.54, 1.807) is 0 Å². The van der Waals surface area contributed by atoms with Gasteiger partial charge in [-0.3, -0.25) is 4.90 Å². The van der Waals surface area contributed by atoms with Crippen LogP contribution < -0.4 is 20.1 Å². The summed E-state index contributed by atoms with van der Waals surface area (Å²) in [6.07, 6.45) is -1.64. The number of thiophene rings is 1. The molecule has 8 rings (SSSR count).